The molecule has 1 aromatic heterocycles. The molecular weight excluding hydrogens is 180 g/mol. The van der Waals surface area contributed by atoms with Gasteiger partial charge < -0.3 is 0 Å². The average molecular weight is 185 g/mol. The van der Waals surface area contributed by atoms with Crippen LogP contribution < -0.4 is 0 Å². The summed E-state index contributed by atoms with van der Waals surface area (Å²) in [5.41, 5.74) is 0.782. The minimum atomic E-state index is 0.782. The zero-order valence-electron chi connectivity index (χ0n) is 4.71. The summed E-state index contributed by atoms with van der Waals surface area (Å²) in [6, 6.07) is 1.85. The lowest BCUT2D eigenvalue weighted by molar-refractivity contribution is 1.29. The summed E-state index contributed by atoms with van der Waals surface area (Å²) >= 11 is 3.25. The molecule has 2 nitrogen and oxygen atoms in total. The minimum Gasteiger partial charge on any atom is -0.263 e. The number of pyridine rings is 1. The van der Waals surface area contributed by atoms with Crippen LogP contribution in [0.15, 0.2) is 27.9 Å². The molecule has 0 radical (unpaired) electrons. The molecule has 0 aliphatic rings. The Morgan fingerprint density at radius 3 is 2.78 bits per heavy atom. The number of nitrogens with zero attached hydrogens (tertiary/aromatic N) is 2. The van der Waals surface area contributed by atoms with Crippen molar-refractivity contribution < 1.29 is 0 Å². The Kier molecular flexibility index (Phi) is 1.95. The Morgan fingerprint density at radius 1 is 1.56 bits per heavy atom. The summed E-state index contributed by atoms with van der Waals surface area (Å²) in [7, 11) is 0. The molecule has 3 heteroatoms. The Bertz CT molecular complexity index is 222. The van der Waals surface area contributed by atoms with Crippen molar-refractivity contribution in [2.45, 2.75) is 0 Å². The van der Waals surface area contributed by atoms with E-state index in [-0.39, 0.29) is 0 Å². The van der Waals surface area contributed by atoms with Gasteiger partial charge in [0.05, 0.1) is 11.9 Å². The molecule has 0 fully saturated rings. The maximum atomic E-state index is 3.87. The summed E-state index contributed by atoms with van der Waals surface area (Å²) in [4.78, 5) is 7.56. The molecule has 0 bridgehead atoms. The van der Waals surface area contributed by atoms with Crippen molar-refractivity contribution in [3.63, 3.8) is 0 Å². The van der Waals surface area contributed by atoms with Crippen LogP contribution in [0.5, 0.6) is 0 Å². The number of halogens is 1. The van der Waals surface area contributed by atoms with Crippen LogP contribution in [-0.2, 0) is 0 Å². The van der Waals surface area contributed by atoms with Gasteiger partial charge in [0.1, 0.15) is 0 Å². The van der Waals surface area contributed by atoms with Gasteiger partial charge in [-0.15, -0.1) is 0 Å². The third-order valence-corrected chi connectivity index (χ3v) is 1.31. The molecule has 0 unspecified atom stereocenters. The lowest BCUT2D eigenvalue weighted by Crippen LogP contribution is -1.69. The Labute approximate surface area is 61.8 Å². The molecule has 0 aromatic carbocycles. The molecule has 1 heterocycles. The molecule has 1 aromatic rings. The molecule has 0 atom stereocenters. The second-order valence-corrected chi connectivity index (χ2v) is 2.44. The third kappa shape index (κ3) is 1.61. The van der Waals surface area contributed by atoms with Gasteiger partial charge >= 0.3 is 0 Å². The van der Waals surface area contributed by atoms with Crippen LogP contribution in [0.3, 0.4) is 0 Å². The standard InChI is InChI=1S/C6H5BrN2/c1-8-6-2-5(7)3-9-4-6/h2-4H,1H2. The van der Waals surface area contributed by atoms with Crippen molar-refractivity contribution in [2.75, 3.05) is 0 Å². The fraction of sp³-hybridized carbons (Fsp3) is 0. The second kappa shape index (κ2) is 2.73. The monoisotopic (exact) mass is 184 g/mol. The molecule has 0 spiro atoms. The molecule has 0 aliphatic carbocycles. The summed E-state index contributed by atoms with van der Waals surface area (Å²) in [6.45, 7) is 3.36. The van der Waals surface area contributed by atoms with E-state index in [4.69, 9.17) is 0 Å². The highest BCUT2D eigenvalue weighted by Crippen LogP contribution is 2.14. The van der Waals surface area contributed by atoms with Gasteiger partial charge in [-0.05, 0) is 28.7 Å². The van der Waals surface area contributed by atoms with Crippen molar-refractivity contribution in [2.24, 2.45) is 4.99 Å². The van der Waals surface area contributed by atoms with Crippen molar-refractivity contribution in [1.29, 1.82) is 0 Å². The van der Waals surface area contributed by atoms with Crippen molar-refractivity contribution in [3.8, 4) is 0 Å². The van der Waals surface area contributed by atoms with Gasteiger partial charge in [0.15, 0.2) is 0 Å². The fourth-order valence-electron chi connectivity index (χ4n) is 0.487. The van der Waals surface area contributed by atoms with Gasteiger partial charge in [-0.1, -0.05) is 0 Å². The van der Waals surface area contributed by atoms with Crippen molar-refractivity contribution >= 4 is 28.3 Å². The van der Waals surface area contributed by atoms with Gasteiger partial charge in [-0.3, -0.25) is 9.98 Å². The van der Waals surface area contributed by atoms with Crippen LogP contribution in [0.25, 0.3) is 0 Å². The first-order valence-corrected chi connectivity index (χ1v) is 3.19. The van der Waals surface area contributed by atoms with E-state index >= 15 is 0 Å². The van der Waals surface area contributed by atoms with E-state index in [1.807, 2.05) is 6.07 Å². The first-order chi connectivity index (χ1) is 4.33. The van der Waals surface area contributed by atoms with E-state index in [1.54, 1.807) is 12.4 Å². The molecule has 9 heavy (non-hydrogen) atoms. The van der Waals surface area contributed by atoms with Crippen LogP contribution >= 0.6 is 15.9 Å². The predicted molar refractivity (Wildman–Crippen MR) is 41.1 cm³/mol. The first kappa shape index (κ1) is 6.42. The van der Waals surface area contributed by atoms with E-state index in [1.165, 1.54) is 0 Å². The predicted octanol–water partition coefficient (Wildman–Crippen LogP) is 2.18. The highest BCUT2D eigenvalue weighted by molar-refractivity contribution is 9.10. The maximum absolute atomic E-state index is 3.87. The van der Waals surface area contributed by atoms with Crippen LogP contribution in [0, 0.1) is 0 Å². The van der Waals surface area contributed by atoms with E-state index in [2.05, 4.69) is 32.6 Å². The zero-order valence-corrected chi connectivity index (χ0v) is 6.30. The van der Waals surface area contributed by atoms with Crippen LogP contribution in [0.2, 0.25) is 0 Å². The number of hydrogen-bond acceptors (Lipinski definition) is 2. The normalized spacial score (nSPS) is 9.00. The third-order valence-electron chi connectivity index (χ3n) is 0.873. The summed E-state index contributed by atoms with van der Waals surface area (Å²) in [5.74, 6) is 0. The van der Waals surface area contributed by atoms with Crippen molar-refractivity contribution in [3.05, 3.63) is 22.9 Å². The largest absolute Gasteiger partial charge is 0.263 e. The molecule has 1 rings (SSSR count). The smallest absolute Gasteiger partial charge is 0.0816 e. The quantitative estimate of drug-likeness (QED) is 0.615. The molecule has 0 amide bonds. The number of hydrogen-bond donors (Lipinski definition) is 0. The van der Waals surface area contributed by atoms with Gasteiger partial charge in [0.25, 0.3) is 0 Å². The van der Waals surface area contributed by atoms with Crippen LogP contribution in [-0.4, -0.2) is 11.7 Å². The Morgan fingerprint density at radius 2 is 2.33 bits per heavy atom. The lowest BCUT2D eigenvalue weighted by atomic mass is 10.4. The lowest BCUT2D eigenvalue weighted by Gasteiger charge is -1.89. The zero-order chi connectivity index (χ0) is 6.69. The Hall–Kier alpha value is -0.700. The van der Waals surface area contributed by atoms with Crippen LogP contribution in [0.1, 0.15) is 0 Å². The van der Waals surface area contributed by atoms with E-state index < -0.39 is 0 Å². The molecule has 0 saturated heterocycles. The fourth-order valence-corrected chi connectivity index (χ4v) is 0.840. The summed E-state index contributed by atoms with van der Waals surface area (Å²) in [5, 5.41) is 0. The maximum Gasteiger partial charge on any atom is 0.0816 e. The summed E-state index contributed by atoms with van der Waals surface area (Å²) in [6.07, 6.45) is 3.35. The number of aliphatic imine (C=N–C) groups is 1. The first-order valence-electron chi connectivity index (χ1n) is 2.40. The van der Waals surface area contributed by atoms with E-state index in [9.17, 15) is 0 Å². The molecule has 46 valence electrons. The number of rotatable bonds is 1. The van der Waals surface area contributed by atoms with Gasteiger partial charge in [-0.25, -0.2) is 0 Å². The SMILES string of the molecule is C=Nc1cncc(Br)c1. The van der Waals surface area contributed by atoms with Gasteiger partial charge in [0.2, 0.25) is 0 Å². The minimum absolute atomic E-state index is 0.782. The van der Waals surface area contributed by atoms with Crippen LogP contribution in [0.4, 0.5) is 5.69 Å². The van der Waals surface area contributed by atoms with Gasteiger partial charge in [0, 0.05) is 10.7 Å². The number of aromatic nitrogens is 1. The van der Waals surface area contributed by atoms with Crippen molar-refractivity contribution in [1.82, 2.24) is 4.98 Å². The van der Waals surface area contributed by atoms with E-state index in [0.717, 1.165) is 10.2 Å². The second-order valence-electron chi connectivity index (χ2n) is 1.52. The highest BCUT2D eigenvalue weighted by atomic mass is 79.9. The highest BCUT2D eigenvalue weighted by Gasteiger charge is 1.87. The van der Waals surface area contributed by atoms with Gasteiger partial charge in [-0.2, -0.15) is 0 Å². The Balaban J connectivity index is 3.07. The molecule has 0 saturated carbocycles. The molecule has 0 N–H and O–H groups in total. The molecular formula is C6H5BrN2. The average Bonchev–Trinajstić information content (AvgIpc) is 1.88. The van der Waals surface area contributed by atoms with E-state index in [0.29, 0.717) is 0 Å². The topological polar surface area (TPSA) is 25.2 Å². The summed E-state index contributed by atoms with van der Waals surface area (Å²) < 4.78 is 0.924. The molecule has 0 aliphatic heterocycles.